The highest BCUT2D eigenvalue weighted by atomic mass is 32.2. The van der Waals surface area contributed by atoms with Gasteiger partial charge in [-0.1, -0.05) is 39.3 Å². The molecule has 0 aromatic carbocycles. The molecular formula is C22H32O2S2. The van der Waals surface area contributed by atoms with E-state index < -0.39 is 16.2 Å². The molecule has 2 nitrogen and oxygen atoms in total. The highest BCUT2D eigenvalue weighted by molar-refractivity contribution is 8.21. The number of ketones is 2. The van der Waals surface area contributed by atoms with Gasteiger partial charge in [0.1, 0.15) is 5.78 Å². The molecule has 0 saturated carbocycles. The summed E-state index contributed by atoms with van der Waals surface area (Å²) in [4.78, 5) is 26.4. The monoisotopic (exact) mass is 392 g/mol. The van der Waals surface area contributed by atoms with Crippen LogP contribution in [0.15, 0.2) is 22.8 Å². The lowest BCUT2D eigenvalue weighted by molar-refractivity contribution is -0.135. The Labute approximate surface area is 167 Å². The Morgan fingerprint density at radius 1 is 1.12 bits per heavy atom. The lowest BCUT2D eigenvalue weighted by Gasteiger charge is -2.51. The van der Waals surface area contributed by atoms with Gasteiger partial charge in [0.25, 0.3) is 0 Å². The number of rotatable bonds is 3. The Balaban J connectivity index is 2.16. The molecule has 0 aromatic heterocycles. The predicted molar refractivity (Wildman–Crippen MR) is 114 cm³/mol. The van der Waals surface area contributed by atoms with E-state index in [0.29, 0.717) is 5.78 Å². The minimum absolute atomic E-state index is 0.0128. The number of carbonyl (C=O) groups excluding carboxylic acids is 2. The Bertz CT molecular complexity index is 729. The molecule has 26 heavy (non-hydrogen) atoms. The molecule has 1 aliphatic heterocycles. The van der Waals surface area contributed by atoms with Crippen LogP contribution < -0.4 is 0 Å². The molecule has 0 N–H and O–H groups in total. The van der Waals surface area contributed by atoms with Crippen LogP contribution in [0.2, 0.25) is 0 Å². The Hall–Kier alpha value is -0.480. The van der Waals surface area contributed by atoms with Crippen molar-refractivity contribution in [1.82, 2.24) is 0 Å². The van der Waals surface area contributed by atoms with Crippen LogP contribution in [0, 0.1) is 22.2 Å². The maximum Gasteiger partial charge on any atom is 0.150 e. The molecule has 4 heteroatoms. The van der Waals surface area contributed by atoms with Gasteiger partial charge in [0, 0.05) is 28.3 Å². The second-order valence-electron chi connectivity index (χ2n) is 9.78. The first-order chi connectivity index (χ1) is 11.8. The molecule has 2 aliphatic carbocycles. The SMILES string of the molecule is CC(C)C(=O)C(C)(C)C1=CC2=C(C1)C(C)(C)C(=O)C(C)(C)C21SCCS1. The molecule has 0 atom stereocenters. The molecule has 1 heterocycles. The van der Waals surface area contributed by atoms with Crippen LogP contribution in [0.1, 0.15) is 61.8 Å². The van der Waals surface area contributed by atoms with Crippen molar-refractivity contribution in [2.75, 3.05) is 11.5 Å². The normalized spacial score (nSPS) is 26.5. The zero-order valence-corrected chi connectivity index (χ0v) is 19.0. The number of hydrogen-bond donors (Lipinski definition) is 0. The van der Waals surface area contributed by atoms with Gasteiger partial charge in [-0.25, -0.2) is 0 Å². The number of carbonyl (C=O) groups is 2. The molecule has 0 amide bonds. The van der Waals surface area contributed by atoms with Crippen molar-refractivity contribution in [3.8, 4) is 0 Å². The smallest absolute Gasteiger partial charge is 0.150 e. The lowest BCUT2D eigenvalue weighted by atomic mass is 9.61. The van der Waals surface area contributed by atoms with Crippen LogP contribution in [0.4, 0.5) is 0 Å². The Kier molecular flexibility index (Phi) is 4.68. The average molecular weight is 393 g/mol. The van der Waals surface area contributed by atoms with Gasteiger partial charge in [0.15, 0.2) is 5.78 Å². The van der Waals surface area contributed by atoms with E-state index in [1.165, 1.54) is 16.7 Å². The third kappa shape index (κ3) is 2.47. The van der Waals surface area contributed by atoms with Gasteiger partial charge in [0.05, 0.1) is 9.49 Å². The molecule has 1 fully saturated rings. The van der Waals surface area contributed by atoms with Crippen LogP contribution in [0.5, 0.6) is 0 Å². The van der Waals surface area contributed by atoms with Crippen molar-refractivity contribution in [3.05, 3.63) is 22.8 Å². The van der Waals surface area contributed by atoms with Crippen molar-refractivity contribution < 1.29 is 9.59 Å². The molecule has 3 rings (SSSR count). The highest BCUT2D eigenvalue weighted by Crippen LogP contribution is 2.68. The molecule has 0 bridgehead atoms. The maximum atomic E-state index is 13.5. The van der Waals surface area contributed by atoms with Crippen molar-refractivity contribution in [3.63, 3.8) is 0 Å². The van der Waals surface area contributed by atoms with E-state index >= 15 is 0 Å². The summed E-state index contributed by atoms with van der Waals surface area (Å²) in [6.07, 6.45) is 3.06. The van der Waals surface area contributed by atoms with Crippen LogP contribution in [-0.2, 0) is 9.59 Å². The second-order valence-corrected chi connectivity index (χ2v) is 12.7. The van der Waals surface area contributed by atoms with E-state index in [-0.39, 0.29) is 15.8 Å². The van der Waals surface area contributed by atoms with Crippen LogP contribution in [0.25, 0.3) is 0 Å². The summed E-state index contributed by atoms with van der Waals surface area (Å²) in [6, 6.07) is 0. The van der Waals surface area contributed by atoms with E-state index in [9.17, 15) is 9.59 Å². The molecule has 0 unspecified atom stereocenters. The Morgan fingerprint density at radius 2 is 1.65 bits per heavy atom. The van der Waals surface area contributed by atoms with E-state index in [2.05, 4.69) is 47.6 Å². The van der Waals surface area contributed by atoms with Gasteiger partial charge in [-0.2, -0.15) is 0 Å². The summed E-state index contributed by atoms with van der Waals surface area (Å²) >= 11 is 3.87. The lowest BCUT2D eigenvalue weighted by Crippen LogP contribution is -2.54. The zero-order chi connectivity index (χ0) is 19.7. The van der Waals surface area contributed by atoms with Gasteiger partial charge in [-0.05, 0) is 45.3 Å². The topological polar surface area (TPSA) is 34.1 Å². The minimum Gasteiger partial charge on any atom is -0.298 e. The first-order valence-electron chi connectivity index (χ1n) is 9.62. The fraction of sp³-hybridized carbons (Fsp3) is 0.727. The van der Waals surface area contributed by atoms with E-state index in [1.54, 1.807) is 0 Å². The summed E-state index contributed by atoms with van der Waals surface area (Å²) in [5.74, 6) is 2.80. The quantitative estimate of drug-likeness (QED) is 0.619. The van der Waals surface area contributed by atoms with Gasteiger partial charge in [0.2, 0.25) is 0 Å². The molecule has 144 valence electrons. The van der Waals surface area contributed by atoms with Crippen LogP contribution in [-0.4, -0.2) is 27.2 Å². The number of allylic oxidation sites excluding steroid dienone is 3. The van der Waals surface area contributed by atoms with Crippen LogP contribution >= 0.6 is 23.5 Å². The number of Topliss-reactive ketones (excluding diaryl/α,β-unsaturated/α-hetero) is 2. The first-order valence-corrected chi connectivity index (χ1v) is 11.6. The molecule has 0 radical (unpaired) electrons. The number of hydrogen-bond acceptors (Lipinski definition) is 4. The predicted octanol–water partition coefficient (Wildman–Crippen LogP) is 5.68. The van der Waals surface area contributed by atoms with Gasteiger partial charge < -0.3 is 0 Å². The van der Waals surface area contributed by atoms with Crippen LogP contribution in [0.3, 0.4) is 0 Å². The fourth-order valence-electron chi connectivity index (χ4n) is 5.06. The second kappa shape index (κ2) is 6.01. The average Bonchev–Trinajstić information content (AvgIpc) is 3.19. The molecule has 3 aliphatic rings. The molecule has 1 spiro atoms. The number of thioether (sulfide) groups is 2. The minimum atomic E-state index is -0.482. The largest absolute Gasteiger partial charge is 0.298 e. The third-order valence-electron chi connectivity index (χ3n) is 6.72. The number of fused-ring (bicyclic) bond motifs is 1. The first kappa shape index (κ1) is 20.3. The molecule has 0 aromatic rings. The summed E-state index contributed by atoms with van der Waals surface area (Å²) in [6.45, 7) is 16.5. The van der Waals surface area contributed by atoms with Crippen molar-refractivity contribution >= 4 is 35.1 Å². The zero-order valence-electron chi connectivity index (χ0n) is 17.4. The summed E-state index contributed by atoms with van der Waals surface area (Å²) in [5.41, 5.74) is 2.40. The van der Waals surface area contributed by atoms with Gasteiger partial charge in [-0.15, -0.1) is 23.5 Å². The molecular weight excluding hydrogens is 360 g/mol. The highest BCUT2D eigenvalue weighted by Gasteiger charge is 2.63. The third-order valence-corrected chi connectivity index (χ3v) is 10.8. The van der Waals surface area contributed by atoms with E-state index in [0.717, 1.165) is 17.9 Å². The maximum absolute atomic E-state index is 13.5. The van der Waals surface area contributed by atoms with E-state index in [4.69, 9.17) is 0 Å². The standard InChI is InChI=1S/C22H32O2S2/c1-13(2)17(23)19(3,4)14-11-15-16(12-14)22(25-9-10-26-22)21(7,8)18(24)20(15,5)6/h12-13H,9-11H2,1-8H3. The fourth-order valence-corrected chi connectivity index (χ4v) is 8.72. The summed E-state index contributed by atoms with van der Waals surface area (Å²) in [7, 11) is 0. The molecule has 1 saturated heterocycles. The van der Waals surface area contributed by atoms with E-state index in [1.807, 2.05) is 37.4 Å². The van der Waals surface area contributed by atoms with Gasteiger partial charge in [-0.3, -0.25) is 9.59 Å². The van der Waals surface area contributed by atoms with Crippen molar-refractivity contribution in [2.45, 2.75) is 65.9 Å². The summed E-state index contributed by atoms with van der Waals surface area (Å²) in [5, 5.41) is 0. The Morgan fingerprint density at radius 3 is 2.15 bits per heavy atom. The summed E-state index contributed by atoms with van der Waals surface area (Å²) < 4.78 is -0.201. The van der Waals surface area contributed by atoms with Crippen molar-refractivity contribution in [1.29, 1.82) is 0 Å². The van der Waals surface area contributed by atoms with Gasteiger partial charge >= 0.3 is 0 Å². The van der Waals surface area contributed by atoms with Crippen molar-refractivity contribution in [2.24, 2.45) is 22.2 Å².